The highest BCUT2D eigenvalue weighted by molar-refractivity contribution is 7.48. The summed E-state index contributed by atoms with van der Waals surface area (Å²) in [6.45, 7) is 2.46. The maximum absolute atomic E-state index is 12.0. The smallest absolute Gasteiger partial charge is 0.290 e. The van der Waals surface area contributed by atoms with Gasteiger partial charge < -0.3 is 0 Å². The number of aryl methyl sites for hydroxylation is 1. The Labute approximate surface area is 140 Å². The Balaban J connectivity index is 1.80. The van der Waals surface area contributed by atoms with Crippen molar-refractivity contribution in [2.45, 2.75) is 57.8 Å². The molecule has 0 amide bonds. The zero-order valence-corrected chi connectivity index (χ0v) is 15.2. The summed E-state index contributed by atoms with van der Waals surface area (Å²) in [6.07, 6.45) is 8.44. The summed E-state index contributed by atoms with van der Waals surface area (Å²) < 4.78 is 27.2. The van der Waals surface area contributed by atoms with Gasteiger partial charge in [-0.05, 0) is 49.7 Å². The van der Waals surface area contributed by atoms with Crippen molar-refractivity contribution in [3.63, 3.8) is 0 Å². The molecule has 0 bridgehead atoms. The maximum atomic E-state index is 12.0. The molecule has 1 atom stereocenters. The Hall–Kier alpha value is -0.670. The molecule has 1 aromatic rings. The van der Waals surface area contributed by atoms with E-state index in [2.05, 4.69) is 24.3 Å². The molecule has 1 aliphatic rings. The van der Waals surface area contributed by atoms with Crippen LogP contribution in [0.3, 0.4) is 0 Å². The lowest BCUT2D eigenvalue weighted by atomic mass is 9.83. The zero-order chi connectivity index (χ0) is 16.5. The molecule has 23 heavy (non-hydrogen) atoms. The second-order valence-electron chi connectivity index (χ2n) is 6.06. The third kappa shape index (κ3) is 6.04. The summed E-state index contributed by atoms with van der Waals surface area (Å²) in [4.78, 5) is 0. The second kappa shape index (κ2) is 9.58. The van der Waals surface area contributed by atoms with Gasteiger partial charge >= 0.3 is 7.82 Å². The number of rotatable bonds is 9. The van der Waals surface area contributed by atoms with Gasteiger partial charge in [0.25, 0.3) is 0 Å². The minimum atomic E-state index is -3.35. The lowest BCUT2D eigenvalue weighted by molar-refractivity contribution is 0.135. The monoisotopic (exact) mass is 340 g/mol. The molecule has 0 aliphatic heterocycles. The lowest BCUT2D eigenvalue weighted by Gasteiger charge is -2.22. The molecule has 0 heterocycles. The van der Waals surface area contributed by atoms with Gasteiger partial charge in [-0.1, -0.05) is 43.5 Å². The highest BCUT2D eigenvalue weighted by Crippen LogP contribution is 2.48. The largest absolute Gasteiger partial charge is 0.474 e. The van der Waals surface area contributed by atoms with Crippen molar-refractivity contribution in [2.24, 2.45) is 0 Å². The number of benzene rings is 1. The molecule has 130 valence electrons. The van der Waals surface area contributed by atoms with Crippen LogP contribution in [0.1, 0.15) is 62.5 Å². The van der Waals surface area contributed by atoms with Crippen LogP contribution >= 0.6 is 7.82 Å². The van der Waals surface area contributed by atoms with Crippen LogP contribution in [0.4, 0.5) is 0 Å². The van der Waals surface area contributed by atoms with E-state index < -0.39 is 7.82 Å². The summed E-state index contributed by atoms with van der Waals surface area (Å²) in [6, 6.07) is 8.89. The Bertz CT molecular complexity index is 511. The first-order chi connectivity index (χ1) is 11.2. The summed E-state index contributed by atoms with van der Waals surface area (Å²) in [5.41, 5.74) is 2.79. The minimum absolute atomic E-state index is 0.314. The summed E-state index contributed by atoms with van der Waals surface area (Å²) in [5, 5.41) is 0. The van der Waals surface area contributed by atoms with E-state index >= 15 is 0 Å². The number of phosphoric ester groups is 1. The zero-order valence-electron chi connectivity index (χ0n) is 14.3. The minimum Gasteiger partial charge on any atom is -0.290 e. The molecule has 0 N–H and O–H groups in total. The molecule has 1 unspecified atom stereocenters. The Kier molecular flexibility index (Phi) is 7.78. The fraction of sp³-hybridized carbons (Fsp3) is 0.667. The van der Waals surface area contributed by atoms with E-state index in [0.717, 1.165) is 18.8 Å². The van der Waals surface area contributed by atoms with E-state index in [1.807, 2.05) is 0 Å². The predicted octanol–water partition coefficient (Wildman–Crippen LogP) is 5.47. The Morgan fingerprint density at radius 1 is 1.17 bits per heavy atom. The molecular formula is C18H29O4P. The van der Waals surface area contributed by atoms with E-state index in [4.69, 9.17) is 13.6 Å². The van der Waals surface area contributed by atoms with E-state index in [9.17, 15) is 4.57 Å². The molecule has 0 radical (unpaired) electrons. The molecule has 1 fully saturated rings. The fourth-order valence-electron chi connectivity index (χ4n) is 3.19. The van der Waals surface area contributed by atoms with Crippen molar-refractivity contribution in [1.82, 2.24) is 0 Å². The van der Waals surface area contributed by atoms with Gasteiger partial charge in [0.2, 0.25) is 0 Å². The van der Waals surface area contributed by atoms with Gasteiger partial charge in [0.15, 0.2) is 0 Å². The SMILES string of the molecule is CCOP(=O)(OC)OCCCc1cccc(C2CCCCC2)c1. The van der Waals surface area contributed by atoms with Gasteiger partial charge in [-0.3, -0.25) is 13.6 Å². The average molecular weight is 340 g/mol. The molecule has 2 rings (SSSR count). The molecule has 0 aromatic heterocycles. The van der Waals surface area contributed by atoms with Gasteiger partial charge in [-0.25, -0.2) is 4.57 Å². The van der Waals surface area contributed by atoms with Crippen LogP contribution in [0.2, 0.25) is 0 Å². The molecule has 5 heteroatoms. The van der Waals surface area contributed by atoms with Crippen LogP contribution in [0, 0.1) is 0 Å². The fourth-order valence-corrected chi connectivity index (χ4v) is 4.15. The first-order valence-corrected chi connectivity index (χ1v) is 10.2. The first-order valence-electron chi connectivity index (χ1n) is 8.70. The van der Waals surface area contributed by atoms with Crippen LogP contribution in [-0.2, 0) is 24.6 Å². The van der Waals surface area contributed by atoms with Gasteiger partial charge in [0.1, 0.15) is 0 Å². The van der Waals surface area contributed by atoms with E-state index in [-0.39, 0.29) is 0 Å². The van der Waals surface area contributed by atoms with E-state index in [0.29, 0.717) is 13.2 Å². The molecule has 4 nitrogen and oxygen atoms in total. The predicted molar refractivity (Wildman–Crippen MR) is 92.8 cm³/mol. The first kappa shape index (κ1) is 18.7. The van der Waals surface area contributed by atoms with Crippen LogP contribution in [-0.4, -0.2) is 20.3 Å². The molecule has 1 saturated carbocycles. The highest BCUT2D eigenvalue weighted by Gasteiger charge is 2.23. The summed E-state index contributed by atoms with van der Waals surface area (Å²) in [5.74, 6) is 0.728. The van der Waals surface area contributed by atoms with Crippen molar-refractivity contribution in [3.05, 3.63) is 35.4 Å². The second-order valence-corrected chi connectivity index (χ2v) is 7.84. The molecule has 1 aliphatic carbocycles. The number of hydrogen-bond donors (Lipinski definition) is 0. The van der Waals surface area contributed by atoms with Crippen molar-refractivity contribution in [3.8, 4) is 0 Å². The van der Waals surface area contributed by atoms with Crippen LogP contribution < -0.4 is 0 Å². The number of hydrogen-bond acceptors (Lipinski definition) is 4. The van der Waals surface area contributed by atoms with Crippen molar-refractivity contribution < 1.29 is 18.1 Å². The lowest BCUT2D eigenvalue weighted by Crippen LogP contribution is -2.05. The standard InChI is InChI=1S/C18H29O4P/c1-3-21-23(19,20-2)22-14-8-10-16-9-7-13-18(15-16)17-11-5-4-6-12-17/h7,9,13,15,17H,3-6,8,10-12,14H2,1-2H3. The summed E-state index contributed by atoms with van der Waals surface area (Å²) >= 11 is 0. The molecular weight excluding hydrogens is 311 g/mol. The van der Waals surface area contributed by atoms with Crippen LogP contribution in [0.15, 0.2) is 24.3 Å². The Morgan fingerprint density at radius 2 is 1.96 bits per heavy atom. The van der Waals surface area contributed by atoms with Crippen LogP contribution in [0.25, 0.3) is 0 Å². The van der Waals surface area contributed by atoms with Crippen LogP contribution in [0.5, 0.6) is 0 Å². The van der Waals surface area contributed by atoms with E-state index in [1.54, 1.807) is 6.92 Å². The molecule has 0 spiro atoms. The van der Waals surface area contributed by atoms with Gasteiger partial charge in [-0.2, -0.15) is 0 Å². The third-order valence-corrected chi connectivity index (χ3v) is 5.92. The topological polar surface area (TPSA) is 44.8 Å². The normalized spacial score (nSPS) is 18.7. The van der Waals surface area contributed by atoms with Gasteiger partial charge in [0, 0.05) is 7.11 Å². The Morgan fingerprint density at radius 3 is 2.65 bits per heavy atom. The highest BCUT2D eigenvalue weighted by atomic mass is 31.2. The number of phosphoric acid groups is 1. The van der Waals surface area contributed by atoms with Crippen molar-refractivity contribution in [1.29, 1.82) is 0 Å². The third-order valence-electron chi connectivity index (χ3n) is 4.40. The molecule has 1 aromatic carbocycles. The van der Waals surface area contributed by atoms with Crippen molar-refractivity contribution in [2.75, 3.05) is 20.3 Å². The van der Waals surface area contributed by atoms with Gasteiger partial charge in [-0.15, -0.1) is 0 Å². The van der Waals surface area contributed by atoms with E-state index in [1.165, 1.54) is 50.3 Å². The van der Waals surface area contributed by atoms with Gasteiger partial charge in [0.05, 0.1) is 13.2 Å². The quantitative estimate of drug-likeness (QED) is 0.441. The average Bonchev–Trinajstić information content (AvgIpc) is 2.60. The van der Waals surface area contributed by atoms with Crippen molar-refractivity contribution >= 4 is 7.82 Å². The summed E-state index contributed by atoms with van der Waals surface area (Å²) in [7, 11) is -2.00. The molecule has 0 saturated heterocycles. The maximum Gasteiger partial charge on any atom is 0.474 e.